The lowest BCUT2D eigenvalue weighted by Crippen LogP contribution is -2.32. The maximum atomic E-state index is 13.5. The highest BCUT2D eigenvalue weighted by Crippen LogP contribution is 2.28. The zero-order chi connectivity index (χ0) is 27.8. The van der Waals surface area contributed by atoms with Gasteiger partial charge in [-0.05, 0) is 58.5 Å². The first-order chi connectivity index (χ1) is 18.9. The monoisotopic (exact) mass is 540 g/mol. The quantitative estimate of drug-likeness (QED) is 0.283. The molecule has 39 heavy (non-hydrogen) atoms. The van der Waals surface area contributed by atoms with Crippen LogP contribution >= 0.6 is 0 Å². The van der Waals surface area contributed by atoms with Crippen molar-refractivity contribution in [1.82, 2.24) is 20.2 Å². The topological polar surface area (TPSA) is 146 Å². The Kier molecular flexibility index (Phi) is 10.3. The lowest BCUT2D eigenvalue weighted by atomic mass is 9.81. The third-order valence-electron chi connectivity index (χ3n) is 8.02. The fourth-order valence-corrected chi connectivity index (χ4v) is 5.53. The lowest BCUT2D eigenvalue weighted by Gasteiger charge is -2.23. The number of nitrogens with two attached hydrogens (primary N) is 2. The van der Waals surface area contributed by atoms with E-state index in [2.05, 4.69) is 27.2 Å². The Hall–Kier alpha value is -2.98. The van der Waals surface area contributed by atoms with Crippen LogP contribution in [0.3, 0.4) is 0 Å². The Morgan fingerprint density at radius 2 is 1.97 bits per heavy atom. The van der Waals surface area contributed by atoms with Gasteiger partial charge in [0.25, 0.3) is 0 Å². The van der Waals surface area contributed by atoms with Gasteiger partial charge in [-0.1, -0.05) is 19.8 Å². The van der Waals surface area contributed by atoms with Crippen molar-refractivity contribution in [1.29, 1.82) is 0 Å². The number of Topliss-reactive ketones (excluding diaryl/α,β-unsaturated/α-hetero) is 2. The molecular weight excluding hydrogens is 496 g/mol. The predicted molar refractivity (Wildman–Crippen MR) is 150 cm³/mol. The first-order valence-corrected chi connectivity index (χ1v) is 14.4. The van der Waals surface area contributed by atoms with Crippen molar-refractivity contribution in [3.05, 3.63) is 29.4 Å². The molecule has 1 unspecified atom stereocenters. The van der Waals surface area contributed by atoms with Gasteiger partial charge in [-0.15, -0.1) is 0 Å². The third kappa shape index (κ3) is 7.57. The van der Waals surface area contributed by atoms with Crippen molar-refractivity contribution in [2.24, 2.45) is 17.4 Å². The molecule has 0 radical (unpaired) electrons. The standard InChI is InChI=1S/C29H44N6O4/c1-3-7-22(28(37)21-9-4-5-10-25(21)36)27(31)29-33-24(23(30)17-32-19-11-14-38-15-12-19)16-26(34-29)39-18-20-8-6-13-35(20)2/h16-17,19-21,32H,3-15,18,30-31H2,1-2H3/b23-17-,27-22-/t20?,21-/m0/s1. The molecule has 2 saturated heterocycles. The molecule has 10 heteroatoms. The molecule has 2 aliphatic heterocycles. The van der Waals surface area contributed by atoms with E-state index in [-0.39, 0.29) is 29.1 Å². The summed E-state index contributed by atoms with van der Waals surface area (Å²) in [4.78, 5) is 37.6. The fourth-order valence-electron chi connectivity index (χ4n) is 5.53. The SMILES string of the molecule is CCC/C(C(=O)[C@H]1CCCCC1=O)=C(/N)c1nc(OCC2CCCN2C)cc(/C(N)=C/NC2CCOCC2)n1. The molecule has 1 aliphatic carbocycles. The van der Waals surface area contributed by atoms with Gasteiger partial charge in [0.15, 0.2) is 11.6 Å². The average Bonchev–Trinajstić information content (AvgIpc) is 3.37. The Labute approximate surface area is 231 Å². The number of hydrogen-bond donors (Lipinski definition) is 3. The Morgan fingerprint density at radius 1 is 1.18 bits per heavy atom. The zero-order valence-electron chi connectivity index (χ0n) is 23.4. The van der Waals surface area contributed by atoms with Gasteiger partial charge in [-0.25, -0.2) is 4.98 Å². The van der Waals surface area contributed by atoms with Crippen LogP contribution in [0.25, 0.3) is 11.4 Å². The molecule has 0 aromatic carbocycles. The summed E-state index contributed by atoms with van der Waals surface area (Å²) in [6.45, 7) is 4.94. The normalized spacial score (nSPS) is 23.9. The highest BCUT2D eigenvalue weighted by atomic mass is 16.5. The van der Waals surface area contributed by atoms with Crippen molar-refractivity contribution in [2.45, 2.75) is 83.2 Å². The summed E-state index contributed by atoms with van der Waals surface area (Å²) in [6.07, 6.45) is 9.62. The number of allylic oxidation sites excluding steroid dienone is 1. The number of nitrogens with one attached hydrogen (secondary N) is 1. The molecule has 214 valence electrons. The Balaban J connectivity index is 1.65. The number of nitrogens with zero attached hydrogens (tertiary/aromatic N) is 3. The smallest absolute Gasteiger partial charge is 0.217 e. The minimum atomic E-state index is -0.635. The zero-order valence-corrected chi connectivity index (χ0v) is 23.4. The number of likely N-dealkylation sites (N-methyl/N-ethyl adjacent to an activating group) is 1. The van der Waals surface area contributed by atoms with Gasteiger partial charge in [-0.2, -0.15) is 4.98 Å². The molecule has 1 saturated carbocycles. The number of likely N-dealkylation sites (tertiary alicyclic amines) is 1. The van der Waals surface area contributed by atoms with E-state index in [0.717, 1.165) is 58.3 Å². The van der Waals surface area contributed by atoms with E-state index < -0.39 is 5.92 Å². The van der Waals surface area contributed by atoms with Crippen LogP contribution in [0, 0.1) is 5.92 Å². The van der Waals surface area contributed by atoms with E-state index in [1.807, 2.05) is 6.92 Å². The molecule has 3 aliphatic rings. The molecule has 5 N–H and O–H groups in total. The lowest BCUT2D eigenvalue weighted by molar-refractivity contribution is -0.132. The van der Waals surface area contributed by atoms with Gasteiger partial charge in [0.2, 0.25) is 5.88 Å². The number of rotatable bonds is 11. The van der Waals surface area contributed by atoms with E-state index in [0.29, 0.717) is 61.2 Å². The van der Waals surface area contributed by atoms with E-state index in [1.165, 1.54) is 0 Å². The van der Waals surface area contributed by atoms with Gasteiger partial charge in [0.1, 0.15) is 12.4 Å². The van der Waals surface area contributed by atoms with Gasteiger partial charge >= 0.3 is 0 Å². The van der Waals surface area contributed by atoms with Crippen LogP contribution in [-0.2, 0) is 14.3 Å². The molecular formula is C29H44N6O4. The van der Waals surface area contributed by atoms with Crippen LogP contribution in [0.4, 0.5) is 0 Å². The fraction of sp³-hybridized carbons (Fsp3) is 0.655. The van der Waals surface area contributed by atoms with Crippen molar-refractivity contribution >= 4 is 23.0 Å². The van der Waals surface area contributed by atoms with Crippen molar-refractivity contribution < 1.29 is 19.1 Å². The summed E-state index contributed by atoms with van der Waals surface area (Å²) >= 11 is 0. The van der Waals surface area contributed by atoms with Crippen molar-refractivity contribution in [3.8, 4) is 5.88 Å². The number of aromatic nitrogens is 2. The van der Waals surface area contributed by atoms with Crippen LogP contribution in [-0.4, -0.2) is 71.9 Å². The maximum Gasteiger partial charge on any atom is 0.217 e. The van der Waals surface area contributed by atoms with Gasteiger partial charge in [-0.3, -0.25) is 9.59 Å². The van der Waals surface area contributed by atoms with Crippen LogP contribution in [0.5, 0.6) is 5.88 Å². The molecule has 2 atom stereocenters. The largest absolute Gasteiger partial charge is 0.476 e. The molecule has 1 aromatic heterocycles. The van der Waals surface area contributed by atoms with Crippen LogP contribution in [0.15, 0.2) is 17.8 Å². The molecule has 3 fully saturated rings. The minimum absolute atomic E-state index is 0.00149. The van der Waals surface area contributed by atoms with Crippen LogP contribution in [0.2, 0.25) is 0 Å². The number of hydrogen-bond acceptors (Lipinski definition) is 10. The molecule has 3 heterocycles. The Bertz CT molecular complexity index is 1080. The molecule has 0 amide bonds. The summed E-state index contributed by atoms with van der Waals surface area (Å²) in [7, 11) is 2.09. The number of carbonyl (C=O) groups is 2. The molecule has 0 bridgehead atoms. The van der Waals surface area contributed by atoms with E-state index in [1.54, 1.807) is 12.3 Å². The second-order valence-corrected chi connectivity index (χ2v) is 10.9. The van der Waals surface area contributed by atoms with E-state index in [9.17, 15) is 9.59 Å². The molecule has 0 spiro atoms. The first kappa shape index (κ1) is 29.0. The molecule has 4 rings (SSSR count). The number of ketones is 2. The van der Waals surface area contributed by atoms with Crippen molar-refractivity contribution in [2.75, 3.05) is 33.4 Å². The maximum absolute atomic E-state index is 13.5. The second kappa shape index (κ2) is 13.9. The summed E-state index contributed by atoms with van der Waals surface area (Å²) in [6, 6.07) is 2.30. The predicted octanol–water partition coefficient (Wildman–Crippen LogP) is 2.77. The average molecular weight is 541 g/mol. The summed E-state index contributed by atoms with van der Waals surface area (Å²) in [5, 5.41) is 3.37. The van der Waals surface area contributed by atoms with Crippen LogP contribution < -0.4 is 21.5 Å². The summed E-state index contributed by atoms with van der Waals surface area (Å²) < 4.78 is 11.6. The second-order valence-electron chi connectivity index (χ2n) is 10.9. The highest BCUT2D eigenvalue weighted by Gasteiger charge is 2.32. The van der Waals surface area contributed by atoms with Crippen molar-refractivity contribution in [3.63, 3.8) is 0 Å². The van der Waals surface area contributed by atoms with Gasteiger partial charge < -0.3 is 31.2 Å². The summed E-state index contributed by atoms with van der Waals surface area (Å²) in [5.74, 6) is -0.280. The first-order valence-electron chi connectivity index (χ1n) is 14.4. The molecule has 10 nitrogen and oxygen atoms in total. The van der Waals surface area contributed by atoms with Crippen LogP contribution in [0.1, 0.15) is 82.7 Å². The number of carbonyl (C=O) groups excluding carboxylic acids is 2. The number of ether oxygens (including phenoxy) is 2. The van der Waals surface area contributed by atoms with E-state index in [4.69, 9.17) is 20.9 Å². The van der Waals surface area contributed by atoms with Gasteiger partial charge in [0.05, 0.1) is 23.0 Å². The minimum Gasteiger partial charge on any atom is -0.476 e. The highest BCUT2D eigenvalue weighted by molar-refractivity contribution is 6.13. The van der Waals surface area contributed by atoms with E-state index >= 15 is 0 Å². The third-order valence-corrected chi connectivity index (χ3v) is 8.02. The molecule has 1 aromatic rings. The van der Waals surface area contributed by atoms with Gasteiger partial charge in [0, 0.05) is 49.6 Å². The summed E-state index contributed by atoms with van der Waals surface area (Å²) in [5.41, 5.74) is 14.6. The Morgan fingerprint density at radius 3 is 2.67 bits per heavy atom.